The molecule has 5 nitrogen and oxygen atoms in total. The van der Waals surface area contributed by atoms with E-state index < -0.39 is 5.97 Å². The Kier molecular flexibility index (Phi) is 3.49. The summed E-state index contributed by atoms with van der Waals surface area (Å²) in [5.41, 5.74) is 5.88. The standard InChI is InChI=1S/C12H15NO4/c13-9-4-1-5-10(11(9)12(14)15)17-8-3-2-6-16-7-8/h1,4-5,8H,2-3,6-7,13H2,(H,14,15). The van der Waals surface area contributed by atoms with Crippen molar-refractivity contribution >= 4 is 11.7 Å². The quantitative estimate of drug-likeness (QED) is 0.779. The van der Waals surface area contributed by atoms with Gasteiger partial charge in [0, 0.05) is 12.3 Å². The van der Waals surface area contributed by atoms with E-state index in [1.165, 1.54) is 0 Å². The molecule has 92 valence electrons. The third-order valence-electron chi connectivity index (χ3n) is 2.68. The van der Waals surface area contributed by atoms with Gasteiger partial charge in [0.1, 0.15) is 17.4 Å². The number of carboxylic acid groups (broad SMARTS) is 1. The van der Waals surface area contributed by atoms with Crippen LogP contribution < -0.4 is 10.5 Å². The molecule has 0 amide bonds. The molecule has 0 bridgehead atoms. The van der Waals surface area contributed by atoms with Crippen molar-refractivity contribution in [2.24, 2.45) is 0 Å². The summed E-state index contributed by atoms with van der Waals surface area (Å²) in [6.07, 6.45) is 1.70. The minimum Gasteiger partial charge on any atom is -0.487 e. The minimum absolute atomic E-state index is 0.0260. The fourth-order valence-corrected chi connectivity index (χ4v) is 1.86. The molecule has 1 heterocycles. The summed E-state index contributed by atoms with van der Waals surface area (Å²) in [5, 5.41) is 9.08. The fraction of sp³-hybridized carbons (Fsp3) is 0.417. The molecule has 1 aromatic carbocycles. The lowest BCUT2D eigenvalue weighted by Gasteiger charge is -2.24. The first-order chi connectivity index (χ1) is 8.18. The zero-order valence-electron chi connectivity index (χ0n) is 9.39. The maximum atomic E-state index is 11.1. The predicted molar refractivity (Wildman–Crippen MR) is 62.3 cm³/mol. The Morgan fingerprint density at radius 3 is 3.00 bits per heavy atom. The maximum absolute atomic E-state index is 11.1. The van der Waals surface area contributed by atoms with Crippen LogP contribution in [0, 0.1) is 0 Å². The summed E-state index contributed by atoms with van der Waals surface area (Å²) < 4.78 is 10.9. The van der Waals surface area contributed by atoms with Crippen LogP contribution in [0.2, 0.25) is 0 Å². The Morgan fingerprint density at radius 2 is 2.35 bits per heavy atom. The third kappa shape index (κ3) is 2.68. The number of nitrogen functional groups attached to an aromatic ring is 1. The van der Waals surface area contributed by atoms with Crippen molar-refractivity contribution in [3.05, 3.63) is 23.8 Å². The van der Waals surface area contributed by atoms with Crippen LogP contribution in [0.25, 0.3) is 0 Å². The smallest absolute Gasteiger partial charge is 0.341 e. The number of nitrogens with two attached hydrogens (primary N) is 1. The highest BCUT2D eigenvalue weighted by Gasteiger charge is 2.20. The van der Waals surface area contributed by atoms with Crippen LogP contribution in [0.5, 0.6) is 5.75 Å². The molecule has 3 N–H and O–H groups in total. The van der Waals surface area contributed by atoms with Crippen molar-refractivity contribution in [2.75, 3.05) is 18.9 Å². The van der Waals surface area contributed by atoms with E-state index in [4.69, 9.17) is 20.3 Å². The largest absolute Gasteiger partial charge is 0.487 e. The van der Waals surface area contributed by atoms with Gasteiger partial charge in [-0.3, -0.25) is 0 Å². The van der Waals surface area contributed by atoms with Crippen molar-refractivity contribution < 1.29 is 19.4 Å². The molecule has 1 unspecified atom stereocenters. The Hall–Kier alpha value is -1.75. The SMILES string of the molecule is Nc1cccc(OC2CCCOC2)c1C(=O)O. The Morgan fingerprint density at radius 1 is 1.53 bits per heavy atom. The topological polar surface area (TPSA) is 81.8 Å². The van der Waals surface area contributed by atoms with Crippen LogP contribution in [0.4, 0.5) is 5.69 Å². The van der Waals surface area contributed by atoms with Crippen LogP contribution in [0.15, 0.2) is 18.2 Å². The van der Waals surface area contributed by atoms with Crippen molar-refractivity contribution in [1.29, 1.82) is 0 Å². The van der Waals surface area contributed by atoms with E-state index >= 15 is 0 Å². The predicted octanol–water partition coefficient (Wildman–Crippen LogP) is 1.52. The molecular weight excluding hydrogens is 222 g/mol. The van der Waals surface area contributed by atoms with Crippen molar-refractivity contribution in [3.8, 4) is 5.75 Å². The Labute approximate surface area is 99.1 Å². The van der Waals surface area contributed by atoms with Gasteiger partial charge in [-0.05, 0) is 25.0 Å². The van der Waals surface area contributed by atoms with Gasteiger partial charge in [0.25, 0.3) is 0 Å². The van der Waals surface area contributed by atoms with Crippen LogP contribution in [-0.2, 0) is 4.74 Å². The highest BCUT2D eigenvalue weighted by atomic mass is 16.5. The number of hydrogen-bond acceptors (Lipinski definition) is 4. The number of benzene rings is 1. The monoisotopic (exact) mass is 237 g/mol. The summed E-state index contributed by atoms with van der Waals surface area (Å²) in [6, 6.07) is 4.85. The van der Waals surface area contributed by atoms with Gasteiger partial charge >= 0.3 is 5.97 Å². The van der Waals surface area contributed by atoms with Crippen LogP contribution in [0.3, 0.4) is 0 Å². The molecule has 0 aliphatic carbocycles. The number of aromatic carboxylic acids is 1. The summed E-state index contributed by atoms with van der Waals surface area (Å²) in [6.45, 7) is 1.23. The fourth-order valence-electron chi connectivity index (χ4n) is 1.86. The first-order valence-corrected chi connectivity index (χ1v) is 5.54. The molecule has 1 aliphatic rings. The zero-order chi connectivity index (χ0) is 12.3. The Balaban J connectivity index is 2.19. The number of anilines is 1. The zero-order valence-corrected chi connectivity index (χ0v) is 9.39. The lowest BCUT2D eigenvalue weighted by atomic mass is 10.1. The van der Waals surface area contributed by atoms with Gasteiger partial charge in [0.2, 0.25) is 0 Å². The average molecular weight is 237 g/mol. The average Bonchev–Trinajstić information content (AvgIpc) is 2.30. The van der Waals surface area contributed by atoms with E-state index in [1.807, 2.05) is 0 Å². The van der Waals surface area contributed by atoms with Gasteiger partial charge in [-0.2, -0.15) is 0 Å². The molecule has 5 heteroatoms. The second-order valence-electron chi connectivity index (χ2n) is 3.98. The van der Waals surface area contributed by atoms with Gasteiger partial charge < -0.3 is 20.3 Å². The molecule has 1 saturated heterocycles. The number of hydrogen-bond donors (Lipinski definition) is 2. The number of ether oxygens (including phenoxy) is 2. The molecule has 1 atom stereocenters. The van der Waals surface area contributed by atoms with Crippen LogP contribution >= 0.6 is 0 Å². The lowest BCUT2D eigenvalue weighted by Crippen LogP contribution is -2.28. The second kappa shape index (κ2) is 5.05. The number of carbonyl (C=O) groups is 1. The summed E-state index contributed by atoms with van der Waals surface area (Å²) >= 11 is 0. The van der Waals surface area contributed by atoms with Gasteiger partial charge in [-0.25, -0.2) is 4.79 Å². The van der Waals surface area contributed by atoms with E-state index in [0.717, 1.165) is 19.4 Å². The molecule has 0 spiro atoms. The molecule has 2 rings (SSSR count). The molecule has 17 heavy (non-hydrogen) atoms. The van der Waals surface area contributed by atoms with Crippen molar-refractivity contribution in [2.45, 2.75) is 18.9 Å². The second-order valence-corrected chi connectivity index (χ2v) is 3.98. The number of rotatable bonds is 3. The van der Waals surface area contributed by atoms with E-state index in [2.05, 4.69) is 0 Å². The lowest BCUT2D eigenvalue weighted by molar-refractivity contribution is 0.00682. The van der Waals surface area contributed by atoms with Crippen molar-refractivity contribution in [1.82, 2.24) is 0 Å². The summed E-state index contributed by atoms with van der Waals surface area (Å²) in [4.78, 5) is 11.1. The van der Waals surface area contributed by atoms with E-state index in [-0.39, 0.29) is 17.4 Å². The van der Waals surface area contributed by atoms with E-state index in [1.54, 1.807) is 18.2 Å². The minimum atomic E-state index is -1.07. The highest BCUT2D eigenvalue weighted by Crippen LogP contribution is 2.26. The molecule has 1 fully saturated rings. The third-order valence-corrected chi connectivity index (χ3v) is 2.68. The molecule has 0 radical (unpaired) electrons. The molecular formula is C12H15NO4. The summed E-state index contributed by atoms with van der Waals surface area (Å²) in [5.74, 6) is -0.761. The maximum Gasteiger partial charge on any atom is 0.341 e. The van der Waals surface area contributed by atoms with E-state index in [9.17, 15) is 4.79 Å². The van der Waals surface area contributed by atoms with Gasteiger partial charge in [0.05, 0.1) is 6.61 Å². The highest BCUT2D eigenvalue weighted by molar-refractivity contribution is 5.96. The first-order valence-electron chi connectivity index (χ1n) is 5.54. The Bertz CT molecular complexity index is 413. The normalized spacial score (nSPS) is 19.9. The van der Waals surface area contributed by atoms with Gasteiger partial charge in [-0.15, -0.1) is 0 Å². The van der Waals surface area contributed by atoms with E-state index in [0.29, 0.717) is 12.4 Å². The van der Waals surface area contributed by atoms with Crippen LogP contribution in [0.1, 0.15) is 23.2 Å². The number of carboxylic acids is 1. The molecule has 0 aromatic heterocycles. The summed E-state index contributed by atoms with van der Waals surface area (Å²) in [7, 11) is 0. The van der Waals surface area contributed by atoms with Gasteiger partial charge in [0.15, 0.2) is 0 Å². The molecule has 1 aromatic rings. The molecule has 1 aliphatic heterocycles. The first kappa shape index (κ1) is 11.7. The molecule has 0 saturated carbocycles. The van der Waals surface area contributed by atoms with Crippen LogP contribution in [-0.4, -0.2) is 30.4 Å². The van der Waals surface area contributed by atoms with Gasteiger partial charge in [-0.1, -0.05) is 6.07 Å². The van der Waals surface area contributed by atoms with Crippen molar-refractivity contribution in [3.63, 3.8) is 0 Å².